The topological polar surface area (TPSA) is 83.1 Å². The van der Waals surface area contributed by atoms with Gasteiger partial charge in [0.25, 0.3) is 0 Å². The van der Waals surface area contributed by atoms with Crippen LogP contribution in [0.3, 0.4) is 0 Å². The van der Waals surface area contributed by atoms with E-state index in [1.165, 1.54) is 0 Å². The standard InChI is InChI=1S/C14H13F3N4O3/c1-8-18-19-13(20(8)10-3-4-10)7-24-12-5-2-9(14(15,16)17)6-11(12)21(22)23/h2,5-6,10H,3-4,7H2,1H3. The average molecular weight is 342 g/mol. The fourth-order valence-electron chi connectivity index (χ4n) is 2.42. The van der Waals surface area contributed by atoms with E-state index in [9.17, 15) is 23.3 Å². The SMILES string of the molecule is Cc1nnc(COc2ccc(C(F)(F)F)cc2[N+](=O)[O-])n1C1CC1. The van der Waals surface area contributed by atoms with Crippen molar-refractivity contribution in [3.63, 3.8) is 0 Å². The Hall–Kier alpha value is -2.65. The molecule has 0 radical (unpaired) electrons. The van der Waals surface area contributed by atoms with Crippen LogP contribution in [0.2, 0.25) is 0 Å². The fraction of sp³-hybridized carbons (Fsp3) is 0.429. The van der Waals surface area contributed by atoms with Crippen LogP contribution in [0.1, 0.15) is 36.1 Å². The monoisotopic (exact) mass is 342 g/mol. The highest BCUT2D eigenvalue weighted by Crippen LogP contribution is 2.38. The molecular weight excluding hydrogens is 329 g/mol. The van der Waals surface area contributed by atoms with Crippen molar-refractivity contribution in [3.8, 4) is 5.75 Å². The Labute approximate surface area is 134 Å². The minimum atomic E-state index is -4.66. The lowest BCUT2D eigenvalue weighted by Gasteiger charge is -2.11. The van der Waals surface area contributed by atoms with E-state index in [0.29, 0.717) is 23.8 Å². The summed E-state index contributed by atoms with van der Waals surface area (Å²) in [5.74, 6) is 0.957. The second-order valence-electron chi connectivity index (χ2n) is 5.49. The highest BCUT2D eigenvalue weighted by atomic mass is 19.4. The zero-order valence-electron chi connectivity index (χ0n) is 12.6. The summed E-state index contributed by atoms with van der Waals surface area (Å²) in [6, 6.07) is 2.46. The van der Waals surface area contributed by atoms with Crippen molar-refractivity contribution in [2.45, 2.75) is 38.6 Å². The van der Waals surface area contributed by atoms with Gasteiger partial charge in [-0.2, -0.15) is 13.2 Å². The Bertz CT molecular complexity index is 784. The van der Waals surface area contributed by atoms with Crippen molar-refractivity contribution in [1.82, 2.24) is 14.8 Å². The van der Waals surface area contributed by atoms with Crippen molar-refractivity contribution in [3.05, 3.63) is 45.5 Å². The number of nitro benzene ring substituents is 1. The molecule has 0 amide bonds. The van der Waals surface area contributed by atoms with Gasteiger partial charge < -0.3 is 9.30 Å². The number of aryl methyl sites for hydroxylation is 1. The molecule has 1 heterocycles. The van der Waals surface area contributed by atoms with Crippen LogP contribution in [-0.2, 0) is 12.8 Å². The van der Waals surface area contributed by atoms with Crippen LogP contribution in [0.4, 0.5) is 18.9 Å². The first-order valence-corrected chi connectivity index (χ1v) is 7.16. The Morgan fingerprint density at radius 1 is 1.38 bits per heavy atom. The van der Waals surface area contributed by atoms with E-state index in [0.717, 1.165) is 25.0 Å². The highest BCUT2D eigenvalue weighted by molar-refractivity contribution is 5.49. The molecule has 2 aromatic rings. The van der Waals surface area contributed by atoms with E-state index in [2.05, 4.69) is 10.2 Å². The van der Waals surface area contributed by atoms with E-state index in [4.69, 9.17) is 4.74 Å². The molecule has 128 valence electrons. The maximum atomic E-state index is 12.7. The lowest BCUT2D eigenvalue weighted by Crippen LogP contribution is -2.09. The first kappa shape index (κ1) is 16.2. The molecule has 7 nitrogen and oxygen atoms in total. The van der Waals surface area contributed by atoms with Crippen molar-refractivity contribution in [2.24, 2.45) is 0 Å². The minimum Gasteiger partial charge on any atom is -0.479 e. The first-order chi connectivity index (χ1) is 11.3. The van der Waals surface area contributed by atoms with Crippen LogP contribution in [0.5, 0.6) is 5.75 Å². The van der Waals surface area contributed by atoms with Crippen LogP contribution in [0, 0.1) is 17.0 Å². The molecule has 0 spiro atoms. The summed E-state index contributed by atoms with van der Waals surface area (Å²) in [6.45, 7) is 1.68. The van der Waals surface area contributed by atoms with Gasteiger partial charge >= 0.3 is 11.9 Å². The summed E-state index contributed by atoms with van der Waals surface area (Å²) in [7, 11) is 0. The Morgan fingerprint density at radius 3 is 2.67 bits per heavy atom. The van der Waals surface area contributed by atoms with Gasteiger partial charge in [-0.05, 0) is 31.9 Å². The van der Waals surface area contributed by atoms with E-state index in [-0.39, 0.29) is 12.4 Å². The highest BCUT2D eigenvalue weighted by Gasteiger charge is 2.33. The molecule has 1 saturated carbocycles. The summed E-state index contributed by atoms with van der Waals surface area (Å²) >= 11 is 0. The normalized spacial score (nSPS) is 14.7. The fourth-order valence-corrected chi connectivity index (χ4v) is 2.42. The molecule has 1 aromatic carbocycles. The molecule has 0 atom stereocenters. The maximum Gasteiger partial charge on any atom is 0.416 e. The molecule has 0 saturated heterocycles. The molecule has 24 heavy (non-hydrogen) atoms. The molecule has 1 aliphatic carbocycles. The molecule has 1 fully saturated rings. The summed E-state index contributed by atoms with van der Waals surface area (Å²) in [5.41, 5.74) is -1.84. The summed E-state index contributed by atoms with van der Waals surface area (Å²) < 4.78 is 45.3. The summed E-state index contributed by atoms with van der Waals surface area (Å²) in [6.07, 6.45) is -2.68. The number of nitro groups is 1. The molecule has 1 aliphatic rings. The number of rotatable bonds is 5. The van der Waals surface area contributed by atoms with Crippen LogP contribution in [0.15, 0.2) is 18.2 Å². The van der Waals surface area contributed by atoms with Gasteiger partial charge in [0.15, 0.2) is 11.6 Å². The van der Waals surface area contributed by atoms with Gasteiger partial charge in [0.2, 0.25) is 0 Å². The predicted molar refractivity (Wildman–Crippen MR) is 75.5 cm³/mol. The number of halogens is 3. The van der Waals surface area contributed by atoms with Gasteiger partial charge in [0.1, 0.15) is 12.4 Å². The van der Waals surface area contributed by atoms with Crippen LogP contribution in [-0.4, -0.2) is 19.7 Å². The number of benzene rings is 1. The zero-order chi connectivity index (χ0) is 17.5. The second-order valence-corrected chi connectivity index (χ2v) is 5.49. The number of aromatic nitrogens is 3. The first-order valence-electron chi connectivity index (χ1n) is 7.16. The minimum absolute atomic E-state index is 0.108. The third kappa shape index (κ3) is 3.17. The predicted octanol–water partition coefficient (Wildman–Crippen LogP) is 3.43. The largest absolute Gasteiger partial charge is 0.479 e. The van der Waals surface area contributed by atoms with Gasteiger partial charge in [-0.3, -0.25) is 10.1 Å². The van der Waals surface area contributed by atoms with Crippen molar-refractivity contribution < 1.29 is 22.8 Å². The molecule has 0 aliphatic heterocycles. The van der Waals surface area contributed by atoms with Crippen LogP contribution < -0.4 is 4.74 Å². The number of ether oxygens (including phenoxy) is 1. The lowest BCUT2D eigenvalue weighted by atomic mass is 10.2. The average Bonchev–Trinajstić information content (AvgIpc) is 3.27. The zero-order valence-corrected chi connectivity index (χ0v) is 12.6. The number of alkyl halides is 3. The van der Waals surface area contributed by atoms with Crippen LogP contribution >= 0.6 is 0 Å². The van der Waals surface area contributed by atoms with E-state index in [1.807, 2.05) is 4.57 Å². The molecule has 0 N–H and O–H groups in total. The van der Waals surface area contributed by atoms with Crippen molar-refractivity contribution in [2.75, 3.05) is 0 Å². The molecule has 1 aromatic heterocycles. The van der Waals surface area contributed by atoms with Crippen molar-refractivity contribution >= 4 is 5.69 Å². The van der Waals surface area contributed by atoms with Gasteiger partial charge in [0.05, 0.1) is 10.5 Å². The smallest absolute Gasteiger partial charge is 0.416 e. The molecule has 0 bridgehead atoms. The lowest BCUT2D eigenvalue weighted by molar-refractivity contribution is -0.386. The van der Waals surface area contributed by atoms with Gasteiger partial charge in [-0.1, -0.05) is 0 Å². The quantitative estimate of drug-likeness (QED) is 0.614. The van der Waals surface area contributed by atoms with Gasteiger partial charge in [0, 0.05) is 12.1 Å². The van der Waals surface area contributed by atoms with E-state index in [1.54, 1.807) is 6.92 Å². The maximum absolute atomic E-state index is 12.7. The number of hydrogen-bond donors (Lipinski definition) is 0. The molecular formula is C14H13F3N4O3. The Kier molecular flexibility index (Phi) is 3.90. The number of nitrogens with zero attached hydrogens (tertiary/aromatic N) is 4. The van der Waals surface area contributed by atoms with Gasteiger partial charge in [-0.25, -0.2) is 0 Å². The second kappa shape index (κ2) is 5.77. The van der Waals surface area contributed by atoms with Crippen LogP contribution in [0.25, 0.3) is 0 Å². The van der Waals surface area contributed by atoms with Crippen molar-refractivity contribution in [1.29, 1.82) is 0 Å². The van der Waals surface area contributed by atoms with E-state index < -0.39 is 22.4 Å². The molecule has 0 unspecified atom stereocenters. The third-order valence-corrected chi connectivity index (χ3v) is 3.69. The van der Waals surface area contributed by atoms with E-state index >= 15 is 0 Å². The molecule has 10 heteroatoms. The van der Waals surface area contributed by atoms with Gasteiger partial charge in [-0.15, -0.1) is 10.2 Å². The summed E-state index contributed by atoms with van der Waals surface area (Å²) in [5, 5.41) is 18.9. The third-order valence-electron chi connectivity index (χ3n) is 3.69. The number of hydrogen-bond acceptors (Lipinski definition) is 5. The Morgan fingerprint density at radius 2 is 2.08 bits per heavy atom. The Balaban J connectivity index is 1.84. The summed E-state index contributed by atoms with van der Waals surface area (Å²) in [4.78, 5) is 10.1. The molecule has 3 rings (SSSR count).